The van der Waals surface area contributed by atoms with Gasteiger partial charge in [0.1, 0.15) is 17.7 Å². The van der Waals surface area contributed by atoms with Crippen LogP contribution in [0.15, 0.2) is 36.1 Å². The second kappa shape index (κ2) is 6.39. The second-order valence-electron chi connectivity index (χ2n) is 7.27. The van der Waals surface area contributed by atoms with Gasteiger partial charge < -0.3 is 4.74 Å². The minimum Gasteiger partial charge on any atom is -0.493 e. The summed E-state index contributed by atoms with van der Waals surface area (Å²) in [5.74, 6) is -5.68. The Hall–Kier alpha value is -2.30. The van der Waals surface area contributed by atoms with E-state index < -0.39 is 34.8 Å². The van der Waals surface area contributed by atoms with Crippen molar-refractivity contribution in [2.75, 3.05) is 0 Å². The predicted molar refractivity (Wildman–Crippen MR) is 95.6 cm³/mol. The minimum absolute atomic E-state index is 0.0492. The molecule has 0 radical (unpaired) electrons. The molecule has 0 spiro atoms. The van der Waals surface area contributed by atoms with Crippen LogP contribution in [0, 0.1) is 18.6 Å². The lowest BCUT2D eigenvalue weighted by molar-refractivity contribution is 0.0392. The third kappa shape index (κ3) is 2.67. The molecule has 0 fully saturated rings. The van der Waals surface area contributed by atoms with Crippen molar-refractivity contribution in [3.8, 4) is 11.1 Å². The van der Waals surface area contributed by atoms with Crippen LogP contribution in [0.5, 0.6) is 0 Å². The van der Waals surface area contributed by atoms with E-state index in [1.54, 1.807) is 6.26 Å². The molecule has 2 aliphatic rings. The van der Waals surface area contributed by atoms with E-state index in [-0.39, 0.29) is 22.3 Å². The molecule has 1 heterocycles. The molecule has 1 unspecified atom stereocenters. The van der Waals surface area contributed by atoms with E-state index in [9.17, 15) is 4.39 Å². The highest BCUT2D eigenvalue weighted by atomic mass is 19.3. The van der Waals surface area contributed by atoms with Crippen molar-refractivity contribution in [1.29, 1.82) is 0 Å². The van der Waals surface area contributed by atoms with Crippen LogP contribution in [0.3, 0.4) is 0 Å². The van der Waals surface area contributed by atoms with Crippen LogP contribution in [0.1, 0.15) is 61.0 Å². The smallest absolute Gasteiger partial charge is 0.305 e. The Kier molecular flexibility index (Phi) is 4.28. The number of halogens is 4. The van der Waals surface area contributed by atoms with Crippen LogP contribution in [-0.4, -0.2) is 0 Å². The number of benzene rings is 2. The lowest BCUT2D eigenvalue weighted by Gasteiger charge is -2.25. The van der Waals surface area contributed by atoms with Crippen LogP contribution in [-0.2, 0) is 10.7 Å². The summed E-state index contributed by atoms with van der Waals surface area (Å²) in [6, 6.07) is 5.82. The van der Waals surface area contributed by atoms with Gasteiger partial charge in [0, 0.05) is 5.56 Å². The molecule has 27 heavy (non-hydrogen) atoms. The maximum atomic E-state index is 15.2. The van der Waals surface area contributed by atoms with E-state index in [0.717, 1.165) is 24.8 Å². The standard InChI is InChI=1S/C22H20F4O/c1-3-4-13-6-10-17(27-11-13)16-9-8-15-14-7-5-12(2)20(23)18(14)22(25,26)19(15)21(16)24/h5,7-9,11,17H,3-4,6,10H2,1-2H3. The molecular formula is C22H20F4O. The van der Waals surface area contributed by atoms with E-state index >= 15 is 13.2 Å². The Morgan fingerprint density at radius 2 is 1.70 bits per heavy atom. The summed E-state index contributed by atoms with van der Waals surface area (Å²) in [4.78, 5) is 0. The van der Waals surface area contributed by atoms with Crippen molar-refractivity contribution >= 4 is 0 Å². The first kappa shape index (κ1) is 18.1. The lowest BCUT2D eigenvalue weighted by Crippen LogP contribution is -2.18. The van der Waals surface area contributed by atoms with Gasteiger partial charge in [-0.1, -0.05) is 37.6 Å². The van der Waals surface area contributed by atoms with Crippen molar-refractivity contribution in [3.05, 3.63) is 70.0 Å². The normalized spacial score (nSPS) is 19.9. The summed E-state index contributed by atoms with van der Waals surface area (Å²) >= 11 is 0. The number of allylic oxidation sites excluding steroid dienone is 1. The molecule has 1 atom stereocenters. The maximum absolute atomic E-state index is 15.2. The number of alkyl halides is 2. The first-order chi connectivity index (χ1) is 12.9. The highest BCUT2D eigenvalue weighted by Gasteiger charge is 2.50. The van der Waals surface area contributed by atoms with Crippen molar-refractivity contribution in [2.24, 2.45) is 0 Å². The van der Waals surface area contributed by atoms with Gasteiger partial charge in [-0.2, -0.15) is 8.78 Å². The second-order valence-corrected chi connectivity index (χ2v) is 7.27. The molecule has 0 aromatic heterocycles. The van der Waals surface area contributed by atoms with Crippen molar-refractivity contribution in [3.63, 3.8) is 0 Å². The molecule has 0 saturated heterocycles. The molecule has 4 rings (SSSR count). The van der Waals surface area contributed by atoms with Crippen molar-refractivity contribution in [2.45, 2.75) is 51.6 Å². The van der Waals surface area contributed by atoms with Crippen LogP contribution < -0.4 is 0 Å². The number of rotatable bonds is 3. The third-order valence-corrected chi connectivity index (χ3v) is 5.47. The summed E-state index contributed by atoms with van der Waals surface area (Å²) in [7, 11) is 0. The SMILES string of the molecule is CCCC1=COC(c2ccc3c(c2F)C(F)(F)c2c-3ccc(C)c2F)CC1. The summed E-state index contributed by atoms with van der Waals surface area (Å²) in [5, 5.41) is 0. The highest BCUT2D eigenvalue weighted by molar-refractivity contribution is 5.80. The predicted octanol–water partition coefficient (Wildman–Crippen LogP) is 6.93. The fourth-order valence-corrected chi connectivity index (χ4v) is 4.06. The van der Waals surface area contributed by atoms with Gasteiger partial charge in [-0.15, -0.1) is 0 Å². The topological polar surface area (TPSA) is 9.23 Å². The number of ether oxygens (including phenoxy) is 1. The van der Waals surface area contributed by atoms with Gasteiger partial charge in [-0.25, -0.2) is 8.78 Å². The Balaban J connectivity index is 1.78. The number of hydrogen-bond acceptors (Lipinski definition) is 1. The van der Waals surface area contributed by atoms with Gasteiger partial charge in [0.05, 0.1) is 17.4 Å². The molecule has 0 saturated carbocycles. The molecule has 1 aliphatic heterocycles. The summed E-state index contributed by atoms with van der Waals surface area (Å²) in [5.41, 5.74) is -0.0112. The molecule has 2 aromatic rings. The van der Waals surface area contributed by atoms with Gasteiger partial charge in [0.25, 0.3) is 0 Å². The average Bonchev–Trinajstić information content (AvgIpc) is 2.88. The molecule has 0 N–H and O–H groups in total. The van der Waals surface area contributed by atoms with Crippen LogP contribution in [0.25, 0.3) is 11.1 Å². The number of aryl methyl sites for hydroxylation is 1. The fraction of sp³-hybridized carbons (Fsp3) is 0.364. The van der Waals surface area contributed by atoms with E-state index in [0.29, 0.717) is 6.42 Å². The third-order valence-electron chi connectivity index (χ3n) is 5.47. The summed E-state index contributed by atoms with van der Waals surface area (Å²) in [6.45, 7) is 3.49. The Labute approximate surface area is 155 Å². The average molecular weight is 376 g/mol. The van der Waals surface area contributed by atoms with Gasteiger partial charge in [0.15, 0.2) is 0 Å². The molecule has 1 aliphatic carbocycles. The molecular weight excluding hydrogens is 356 g/mol. The number of fused-ring (bicyclic) bond motifs is 3. The Bertz CT molecular complexity index is 946. The first-order valence-corrected chi connectivity index (χ1v) is 9.20. The van der Waals surface area contributed by atoms with Crippen LogP contribution in [0.4, 0.5) is 17.6 Å². The quantitative estimate of drug-likeness (QED) is 0.528. The summed E-state index contributed by atoms with van der Waals surface area (Å²) in [6.07, 6.45) is 4.20. The zero-order chi connectivity index (χ0) is 19.3. The zero-order valence-corrected chi connectivity index (χ0v) is 15.2. The maximum Gasteiger partial charge on any atom is 0.305 e. The highest BCUT2D eigenvalue weighted by Crippen LogP contribution is 2.54. The molecule has 0 bridgehead atoms. The van der Waals surface area contributed by atoms with Crippen molar-refractivity contribution < 1.29 is 22.3 Å². The summed E-state index contributed by atoms with van der Waals surface area (Å²) < 4.78 is 65.3. The van der Waals surface area contributed by atoms with Crippen LogP contribution in [0.2, 0.25) is 0 Å². The van der Waals surface area contributed by atoms with Crippen molar-refractivity contribution in [1.82, 2.24) is 0 Å². The van der Waals surface area contributed by atoms with Gasteiger partial charge in [-0.3, -0.25) is 0 Å². The van der Waals surface area contributed by atoms with Gasteiger partial charge >= 0.3 is 5.92 Å². The Morgan fingerprint density at radius 1 is 1.04 bits per heavy atom. The van der Waals surface area contributed by atoms with E-state index in [4.69, 9.17) is 4.74 Å². The molecule has 5 heteroatoms. The Morgan fingerprint density at radius 3 is 2.33 bits per heavy atom. The number of hydrogen-bond donors (Lipinski definition) is 0. The fourth-order valence-electron chi connectivity index (χ4n) is 4.06. The van der Waals surface area contributed by atoms with Gasteiger partial charge in [0.2, 0.25) is 0 Å². The molecule has 2 aromatic carbocycles. The minimum atomic E-state index is -3.71. The molecule has 1 nitrogen and oxygen atoms in total. The first-order valence-electron chi connectivity index (χ1n) is 9.20. The van der Waals surface area contributed by atoms with Gasteiger partial charge in [-0.05, 0) is 48.4 Å². The van der Waals surface area contributed by atoms with E-state index in [1.807, 2.05) is 0 Å². The zero-order valence-electron chi connectivity index (χ0n) is 15.2. The molecule has 0 amide bonds. The molecule has 142 valence electrons. The van der Waals surface area contributed by atoms with Crippen LogP contribution >= 0.6 is 0 Å². The lowest BCUT2D eigenvalue weighted by atomic mass is 9.94. The van der Waals surface area contributed by atoms with E-state index in [2.05, 4.69) is 6.92 Å². The largest absolute Gasteiger partial charge is 0.493 e. The monoisotopic (exact) mass is 376 g/mol. The van der Waals surface area contributed by atoms with E-state index in [1.165, 1.54) is 31.2 Å².